The summed E-state index contributed by atoms with van der Waals surface area (Å²) in [4.78, 5) is 0. The molecule has 1 aliphatic carbocycles. The summed E-state index contributed by atoms with van der Waals surface area (Å²) in [6.45, 7) is 7.95. The number of rotatable bonds is 6. The predicted molar refractivity (Wildman–Crippen MR) is 99.2 cm³/mol. The van der Waals surface area contributed by atoms with E-state index in [9.17, 15) is 21.6 Å². The van der Waals surface area contributed by atoms with Gasteiger partial charge in [-0.15, -0.1) is 0 Å². The molecule has 1 aromatic carbocycles. The number of ether oxygens (including phenoxy) is 2. The number of methoxy groups -OCH3 is 2. The van der Waals surface area contributed by atoms with Gasteiger partial charge in [-0.1, -0.05) is 23.8 Å². The Hall–Kier alpha value is -2.16. The molecule has 2 rings (SSSR count). The fourth-order valence-corrected chi connectivity index (χ4v) is 3.82. The van der Waals surface area contributed by atoms with Gasteiger partial charge in [0.25, 0.3) is 0 Å². The van der Waals surface area contributed by atoms with Crippen LogP contribution in [0.2, 0.25) is 0 Å². The van der Waals surface area contributed by atoms with Gasteiger partial charge in [0.15, 0.2) is 0 Å². The molecule has 156 valence electrons. The molecule has 0 saturated heterocycles. The molecule has 0 amide bonds. The van der Waals surface area contributed by atoms with Crippen LogP contribution >= 0.6 is 0 Å². The Morgan fingerprint density at radius 3 is 2.14 bits per heavy atom. The summed E-state index contributed by atoms with van der Waals surface area (Å²) in [5, 5.41) is 0. The Morgan fingerprint density at radius 1 is 1.18 bits per heavy atom. The third-order valence-electron chi connectivity index (χ3n) is 4.72. The first kappa shape index (κ1) is 22.1. The fourth-order valence-electron chi connectivity index (χ4n) is 3.37. The number of alkyl halides is 3. The quantitative estimate of drug-likeness (QED) is 0.370. The maximum atomic E-state index is 12.6. The van der Waals surface area contributed by atoms with Gasteiger partial charge in [-0.25, -0.2) is 0 Å². The fraction of sp³-hybridized carbons (Fsp3) is 0.474. The van der Waals surface area contributed by atoms with Gasteiger partial charge in [0.05, 0.1) is 14.2 Å². The highest BCUT2D eigenvalue weighted by Crippen LogP contribution is 2.48. The van der Waals surface area contributed by atoms with Crippen LogP contribution in [0.4, 0.5) is 13.2 Å². The van der Waals surface area contributed by atoms with E-state index < -0.39 is 21.4 Å². The van der Waals surface area contributed by atoms with Gasteiger partial charge >= 0.3 is 15.6 Å². The Bertz CT molecular complexity index is 862. The van der Waals surface area contributed by atoms with Crippen LogP contribution in [0.15, 0.2) is 35.9 Å². The zero-order valence-electron chi connectivity index (χ0n) is 16.1. The van der Waals surface area contributed by atoms with Crippen molar-refractivity contribution in [1.29, 1.82) is 0 Å². The number of hydrogen-bond acceptors (Lipinski definition) is 5. The Balaban J connectivity index is 2.60. The first-order valence-electron chi connectivity index (χ1n) is 8.50. The molecule has 0 heterocycles. The Morgan fingerprint density at radius 2 is 1.71 bits per heavy atom. The van der Waals surface area contributed by atoms with Crippen LogP contribution in [-0.4, -0.2) is 28.1 Å². The normalized spacial score (nSPS) is 20.3. The van der Waals surface area contributed by atoms with Crippen molar-refractivity contribution < 1.29 is 35.2 Å². The summed E-state index contributed by atoms with van der Waals surface area (Å²) in [6, 6.07) is 2.24. The van der Waals surface area contributed by atoms with Crippen LogP contribution < -0.4 is 13.7 Å². The van der Waals surface area contributed by atoms with Crippen LogP contribution in [0, 0.1) is 5.92 Å². The van der Waals surface area contributed by atoms with E-state index in [1.54, 1.807) is 0 Å². The van der Waals surface area contributed by atoms with E-state index in [0.717, 1.165) is 36.1 Å². The van der Waals surface area contributed by atoms with Gasteiger partial charge in [0.2, 0.25) is 0 Å². The molecule has 0 unspecified atom stereocenters. The Labute approximate surface area is 162 Å². The van der Waals surface area contributed by atoms with Crippen molar-refractivity contribution in [2.45, 2.75) is 38.1 Å². The molecule has 0 bridgehead atoms. The number of halogens is 3. The van der Waals surface area contributed by atoms with Gasteiger partial charge < -0.3 is 13.7 Å². The van der Waals surface area contributed by atoms with E-state index in [2.05, 4.69) is 16.8 Å². The largest absolute Gasteiger partial charge is 0.534 e. The molecule has 5 nitrogen and oxygen atoms in total. The number of allylic oxidation sites excluding steroid dienone is 3. The molecule has 0 aromatic heterocycles. The first-order valence-corrected chi connectivity index (χ1v) is 9.91. The van der Waals surface area contributed by atoms with E-state index >= 15 is 0 Å². The molecule has 2 atom stereocenters. The molecule has 9 heteroatoms. The van der Waals surface area contributed by atoms with Crippen molar-refractivity contribution in [3.05, 3.63) is 41.5 Å². The first-order chi connectivity index (χ1) is 12.9. The van der Waals surface area contributed by atoms with Crippen LogP contribution in [0.5, 0.6) is 17.2 Å². The van der Waals surface area contributed by atoms with Crippen LogP contribution in [0.1, 0.15) is 38.2 Å². The van der Waals surface area contributed by atoms with Gasteiger partial charge in [-0.3, -0.25) is 0 Å². The van der Waals surface area contributed by atoms with Crippen LogP contribution in [-0.2, 0) is 10.1 Å². The molecule has 0 spiro atoms. The summed E-state index contributed by atoms with van der Waals surface area (Å²) in [7, 11) is -3.12. The van der Waals surface area contributed by atoms with Crippen molar-refractivity contribution in [3.63, 3.8) is 0 Å². The van der Waals surface area contributed by atoms with E-state index in [0.29, 0.717) is 5.56 Å². The van der Waals surface area contributed by atoms with Crippen molar-refractivity contribution in [2.24, 2.45) is 5.92 Å². The highest BCUT2D eigenvalue weighted by molar-refractivity contribution is 7.88. The second kappa shape index (κ2) is 8.06. The zero-order valence-corrected chi connectivity index (χ0v) is 16.9. The molecule has 1 aromatic rings. The lowest BCUT2D eigenvalue weighted by Crippen LogP contribution is -2.28. The van der Waals surface area contributed by atoms with Gasteiger partial charge in [-0.2, -0.15) is 21.6 Å². The minimum absolute atomic E-state index is 0.0807. The minimum Gasteiger partial charge on any atom is -0.496 e. The molecule has 0 radical (unpaired) electrons. The molecule has 1 aliphatic rings. The molecule has 0 aliphatic heterocycles. The van der Waals surface area contributed by atoms with Crippen molar-refractivity contribution in [3.8, 4) is 17.2 Å². The Kier molecular flexibility index (Phi) is 6.37. The molecule has 0 fully saturated rings. The molecular formula is C19H23F3O5S. The van der Waals surface area contributed by atoms with Crippen LogP contribution in [0.25, 0.3) is 0 Å². The van der Waals surface area contributed by atoms with Gasteiger partial charge in [-0.05, 0) is 32.6 Å². The number of hydrogen-bond donors (Lipinski definition) is 0. The highest BCUT2D eigenvalue weighted by Gasteiger charge is 2.48. The maximum absolute atomic E-state index is 12.6. The molecular weight excluding hydrogens is 397 g/mol. The highest BCUT2D eigenvalue weighted by atomic mass is 32.2. The lowest BCUT2D eigenvalue weighted by Gasteiger charge is -2.32. The maximum Gasteiger partial charge on any atom is 0.534 e. The summed E-state index contributed by atoms with van der Waals surface area (Å²) in [5.41, 5.74) is -2.82. The van der Waals surface area contributed by atoms with Gasteiger partial charge in [0, 0.05) is 23.6 Å². The lowest BCUT2D eigenvalue weighted by atomic mass is 9.74. The van der Waals surface area contributed by atoms with Crippen molar-refractivity contribution in [1.82, 2.24) is 0 Å². The zero-order chi connectivity index (χ0) is 21.3. The second-order valence-corrected chi connectivity index (χ2v) is 8.29. The SMILES string of the molecule is C=C(C)[C@@H]1CCC(C)=C[C@H]1c1c(OC)cc(OS(=O)(=O)C(F)(F)F)cc1OC. The second-order valence-electron chi connectivity index (χ2n) is 6.75. The molecule has 0 N–H and O–H groups in total. The van der Waals surface area contributed by atoms with Crippen molar-refractivity contribution in [2.75, 3.05) is 14.2 Å². The average Bonchev–Trinajstić information content (AvgIpc) is 2.59. The molecule has 0 saturated carbocycles. The number of benzene rings is 1. The summed E-state index contributed by atoms with van der Waals surface area (Å²) in [5.74, 6) is -0.289. The van der Waals surface area contributed by atoms with Crippen LogP contribution in [0.3, 0.4) is 0 Å². The summed E-state index contributed by atoms with van der Waals surface area (Å²) < 4.78 is 75.6. The lowest BCUT2D eigenvalue weighted by molar-refractivity contribution is -0.0500. The molecule has 28 heavy (non-hydrogen) atoms. The third kappa shape index (κ3) is 4.45. The standard InChI is InChI=1S/C19H23F3O5S/c1-11(2)14-7-6-12(3)8-15(14)18-16(25-4)9-13(10-17(18)26-5)27-28(23,24)19(20,21)22/h8-10,14-15H,1,6-7H2,2-5H3/t14-,15+/m0/s1. The summed E-state index contributed by atoms with van der Waals surface area (Å²) >= 11 is 0. The third-order valence-corrected chi connectivity index (χ3v) is 5.70. The average molecular weight is 420 g/mol. The topological polar surface area (TPSA) is 61.8 Å². The van der Waals surface area contributed by atoms with E-state index in [1.165, 1.54) is 14.2 Å². The van der Waals surface area contributed by atoms with E-state index in [-0.39, 0.29) is 23.3 Å². The van der Waals surface area contributed by atoms with Gasteiger partial charge in [0.1, 0.15) is 17.2 Å². The van der Waals surface area contributed by atoms with Crippen molar-refractivity contribution >= 4 is 10.1 Å². The minimum atomic E-state index is -5.81. The van der Waals surface area contributed by atoms with E-state index in [1.807, 2.05) is 13.8 Å². The smallest absolute Gasteiger partial charge is 0.496 e. The summed E-state index contributed by atoms with van der Waals surface area (Å²) in [6.07, 6.45) is 3.81. The van der Waals surface area contributed by atoms with E-state index in [4.69, 9.17) is 9.47 Å². The monoisotopic (exact) mass is 420 g/mol. The predicted octanol–water partition coefficient (Wildman–Crippen LogP) is 4.95.